The van der Waals surface area contributed by atoms with E-state index in [0.29, 0.717) is 0 Å². The van der Waals surface area contributed by atoms with Crippen molar-refractivity contribution in [2.24, 2.45) is 0 Å². The predicted octanol–water partition coefficient (Wildman–Crippen LogP) is 3.38. The summed E-state index contributed by atoms with van der Waals surface area (Å²) in [6, 6.07) is 7.77. The lowest BCUT2D eigenvalue weighted by atomic mass is 10.1. The quantitative estimate of drug-likeness (QED) is 0.622. The number of hydrogen-bond acceptors (Lipinski definition) is 2. The van der Waals surface area contributed by atoms with Crippen molar-refractivity contribution in [2.75, 3.05) is 0 Å². The molecule has 1 aromatic carbocycles. The number of aryl methyl sites for hydroxylation is 1. The van der Waals surface area contributed by atoms with Crippen molar-refractivity contribution in [1.82, 2.24) is 0 Å². The van der Waals surface area contributed by atoms with Gasteiger partial charge in [0, 0.05) is 0 Å². The van der Waals surface area contributed by atoms with Crippen molar-refractivity contribution < 1.29 is 9.53 Å². The third-order valence-corrected chi connectivity index (χ3v) is 2.89. The fourth-order valence-electron chi connectivity index (χ4n) is 1.29. The Labute approximate surface area is 98.8 Å². The summed E-state index contributed by atoms with van der Waals surface area (Å²) in [5.74, 6) is -0.237. The molecule has 0 amide bonds. The molecule has 0 radical (unpaired) electrons. The highest BCUT2D eigenvalue weighted by Gasteiger charge is 2.20. The Balaban J connectivity index is 2.81. The Morgan fingerprint density at radius 3 is 2.47 bits per heavy atom. The second kappa shape index (κ2) is 5.31. The van der Waals surface area contributed by atoms with Crippen LogP contribution in [0.4, 0.5) is 0 Å². The molecule has 0 fully saturated rings. The van der Waals surface area contributed by atoms with Gasteiger partial charge in [0.2, 0.25) is 0 Å². The smallest absolute Gasteiger partial charge is 0.324 e. The van der Waals surface area contributed by atoms with Gasteiger partial charge in [0.1, 0.15) is 4.83 Å². The van der Waals surface area contributed by atoms with Crippen LogP contribution in [0.1, 0.15) is 29.8 Å². The minimum atomic E-state index is -0.374. The lowest BCUT2D eigenvalue weighted by Gasteiger charge is -2.14. The van der Waals surface area contributed by atoms with Gasteiger partial charge >= 0.3 is 5.97 Å². The molecule has 0 heterocycles. The van der Waals surface area contributed by atoms with E-state index in [2.05, 4.69) is 15.9 Å². The molecule has 0 aliphatic heterocycles. The van der Waals surface area contributed by atoms with Gasteiger partial charge in [-0.2, -0.15) is 0 Å². The lowest BCUT2D eigenvalue weighted by molar-refractivity contribution is -0.146. The summed E-state index contributed by atoms with van der Waals surface area (Å²) in [7, 11) is 0. The first kappa shape index (κ1) is 12.2. The van der Waals surface area contributed by atoms with Crippen LogP contribution in [0.3, 0.4) is 0 Å². The Morgan fingerprint density at radius 1 is 1.33 bits per heavy atom. The van der Waals surface area contributed by atoms with Gasteiger partial charge in [0.15, 0.2) is 0 Å². The van der Waals surface area contributed by atoms with Crippen molar-refractivity contribution in [1.29, 1.82) is 0 Å². The second-order valence-corrected chi connectivity index (χ2v) is 4.62. The molecule has 0 aliphatic carbocycles. The van der Waals surface area contributed by atoms with Gasteiger partial charge in [-0.05, 0) is 31.9 Å². The van der Waals surface area contributed by atoms with Crippen molar-refractivity contribution in [2.45, 2.75) is 31.7 Å². The molecule has 0 bridgehead atoms. The van der Waals surface area contributed by atoms with E-state index in [1.807, 2.05) is 45.0 Å². The summed E-state index contributed by atoms with van der Waals surface area (Å²) in [6.07, 6.45) is -0.0819. The average molecular weight is 271 g/mol. The van der Waals surface area contributed by atoms with E-state index in [0.717, 1.165) is 11.1 Å². The average Bonchev–Trinajstić information content (AvgIpc) is 2.16. The first-order valence-corrected chi connectivity index (χ1v) is 5.84. The summed E-state index contributed by atoms with van der Waals surface area (Å²) >= 11 is 3.36. The number of hydrogen-bond donors (Lipinski definition) is 0. The fraction of sp³-hybridized carbons (Fsp3) is 0.417. The van der Waals surface area contributed by atoms with Gasteiger partial charge in [-0.25, -0.2) is 0 Å². The fourth-order valence-corrected chi connectivity index (χ4v) is 1.91. The number of ether oxygens (including phenoxy) is 1. The Kier molecular flexibility index (Phi) is 4.33. The van der Waals surface area contributed by atoms with Crippen LogP contribution in [0.2, 0.25) is 0 Å². The molecule has 1 aromatic rings. The molecule has 0 saturated carbocycles. The Hall–Kier alpha value is -0.830. The summed E-state index contributed by atoms with van der Waals surface area (Å²) in [6.45, 7) is 5.66. The van der Waals surface area contributed by atoms with E-state index in [-0.39, 0.29) is 16.9 Å². The molecule has 1 rings (SSSR count). The Bertz CT molecular complexity index is 347. The number of benzene rings is 1. The van der Waals surface area contributed by atoms with Gasteiger partial charge in [-0.1, -0.05) is 40.2 Å². The molecule has 0 N–H and O–H groups in total. The predicted molar refractivity (Wildman–Crippen MR) is 64.1 cm³/mol. The van der Waals surface area contributed by atoms with Crippen LogP contribution in [0.25, 0.3) is 0 Å². The summed E-state index contributed by atoms with van der Waals surface area (Å²) in [5, 5.41) is 0. The summed E-state index contributed by atoms with van der Waals surface area (Å²) < 4.78 is 5.14. The Morgan fingerprint density at radius 2 is 1.93 bits per heavy atom. The molecule has 15 heavy (non-hydrogen) atoms. The summed E-state index contributed by atoms with van der Waals surface area (Å²) in [4.78, 5) is 11.3. The van der Waals surface area contributed by atoms with Gasteiger partial charge < -0.3 is 4.74 Å². The van der Waals surface area contributed by atoms with Crippen LogP contribution >= 0.6 is 15.9 Å². The minimum absolute atomic E-state index is 0.0819. The number of esters is 1. The van der Waals surface area contributed by atoms with Crippen LogP contribution < -0.4 is 0 Å². The zero-order chi connectivity index (χ0) is 11.4. The zero-order valence-corrected chi connectivity index (χ0v) is 10.7. The topological polar surface area (TPSA) is 26.3 Å². The van der Waals surface area contributed by atoms with E-state index in [1.165, 1.54) is 0 Å². The number of alkyl halides is 1. The van der Waals surface area contributed by atoms with E-state index in [9.17, 15) is 4.79 Å². The maximum Gasteiger partial charge on any atom is 0.324 e. The largest absolute Gasteiger partial charge is 0.462 e. The van der Waals surface area contributed by atoms with Gasteiger partial charge in [0.05, 0.1) is 6.10 Å². The number of rotatable bonds is 3. The van der Waals surface area contributed by atoms with E-state index in [4.69, 9.17) is 4.74 Å². The lowest BCUT2D eigenvalue weighted by Crippen LogP contribution is -2.16. The molecule has 82 valence electrons. The van der Waals surface area contributed by atoms with Crippen molar-refractivity contribution >= 4 is 21.9 Å². The van der Waals surface area contributed by atoms with Gasteiger partial charge in [-0.15, -0.1) is 0 Å². The SMILES string of the molecule is Cc1ccccc1[C@H](Br)C(=O)OC(C)C. The molecule has 3 heteroatoms. The molecule has 0 aliphatic rings. The number of carbonyl (C=O) groups is 1. The first-order chi connectivity index (χ1) is 7.02. The van der Waals surface area contributed by atoms with E-state index in [1.54, 1.807) is 0 Å². The van der Waals surface area contributed by atoms with Crippen LogP contribution in [0, 0.1) is 6.92 Å². The zero-order valence-electron chi connectivity index (χ0n) is 9.16. The molecule has 0 unspecified atom stereocenters. The van der Waals surface area contributed by atoms with E-state index >= 15 is 0 Å². The van der Waals surface area contributed by atoms with Gasteiger partial charge in [-0.3, -0.25) is 4.79 Å². The summed E-state index contributed by atoms with van der Waals surface area (Å²) in [5.41, 5.74) is 2.04. The molecular weight excluding hydrogens is 256 g/mol. The highest BCUT2D eigenvalue weighted by atomic mass is 79.9. The molecule has 0 aromatic heterocycles. The maximum absolute atomic E-state index is 11.6. The third-order valence-electron chi connectivity index (χ3n) is 2.02. The minimum Gasteiger partial charge on any atom is -0.462 e. The third kappa shape index (κ3) is 3.34. The van der Waals surface area contributed by atoms with Crippen molar-refractivity contribution in [3.63, 3.8) is 0 Å². The van der Waals surface area contributed by atoms with Crippen LogP contribution in [0.15, 0.2) is 24.3 Å². The molecule has 0 spiro atoms. The number of carbonyl (C=O) groups excluding carboxylic acids is 1. The molecule has 1 atom stereocenters. The van der Waals surface area contributed by atoms with Crippen molar-refractivity contribution in [3.8, 4) is 0 Å². The van der Waals surface area contributed by atoms with Crippen LogP contribution in [-0.2, 0) is 9.53 Å². The molecular formula is C12H15BrO2. The van der Waals surface area contributed by atoms with Crippen LogP contribution in [-0.4, -0.2) is 12.1 Å². The normalized spacial score (nSPS) is 12.6. The monoisotopic (exact) mass is 270 g/mol. The van der Waals surface area contributed by atoms with Gasteiger partial charge in [0.25, 0.3) is 0 Å². The van der Waals surface area contributed by atoms with Crippen LogP contribution in [0.5, 0.6) is 0 Å². The van der Waals surface area contributed by atoms with E-state index < -0.39 is 0 Å². The molecule has 2 nitrogen and oxygen atoms in total. The number of halogens is 1. The second-order valence-electron chi connectivity index (χ2n) is 3.70. The standard InChI is InChI=1S/C12H15BrO2/c1-8(2)15-12(14)11(13)10-7-5-4-6-9(10)3/h4-8,11H,1-3H3/t11-/m0/s1. The maximum atomic E-state index is 11.6. The highest BCUT2D eigenvalue weighted by Crippen LogP contribution is 2.27. The van der Waals surface area contributed by atoms with Crippen molar-refractivity contribution in [3.05, 3.63) is 35.4 Å². The highest BCUT2D eigenvalue weighted by molar-refractivity contribution is 9.09. The molecule has 0 saturated heterocycles. The first-order valence-electron chi connectivity index (χ1n) is 4.92.